The molecule has 2 rings (SSSR count). The maximum absolute atomic E-state index is 5.67. The van der Waals surface area contributed by atoms with Crippen molar-refractivity contribution in [2.75, 3.05) is 5.73 Å². The second-order valence-electron chi connectivity index (χ2n) is 3.32. The molecule has 0 bridgehead atoms. The largest absolute Gasteiger partial charge is 0.368 e. The van der Waals surface area contributed by atoms with Crippen LogP contribution in [0.4, 0.5) is 5.95 Å². The van der Waals surface area contributed by atoms with E-state index in [4.69, 9.17) is 5.73 Å². The van der Waals surface area contributed by atoms with E-state index in [2.05, 4.69) is 23.1 Å². The van der Waals surface area contributed by atoms with Crippen molar-refractivity contribution in [2.45, 2.75) is 13.8 Å². The van der Waals surface area contributed by atoms with Crippen molar-refractivity contribution in [3.05, 3.63) is 35.7 Å². The maximum atomic E-state index is 5.67. The zero-order chi connectivity index (χ0) is 10.1. The van der Waals surface area contributed by atoms with Crippen LogP contribution in [-0.4, -0.2) is 14.8 Å². The first-order valence-electron chi connectivity index (χ1n) is 4.41. The van der Waals surface area contributed by atoms with Crippen LogP contribution < -0.4 is 5.73 Å². The highest BCUT2D eigenvalue weighted by molar-refractivity contribution is 5.45. The highest BCUT2D eigenvalue weighted by atomic mass is 15.4. The fourth-order valence-corrected chi connectivity index (χ4v) is 1.48. The lowest BCUT2D eigenvalue weighted by atomic mass is 10.1. The average molecular weight is 188 g/mol. The van der Waals surface area contributed by atoms with Gasteiger partial charge < -0.3 is 5.73 Å². The molecule has 0 atom stereocenters. The summed E-state index contributed by atoms with van der Waals surface area (Å²) in [5.41, 5.74) is 9.01. The molecule has 14 heavy (non-hydrogen) atoms. The predicted octanol–water partition coefficient (Wildman–Crippen LogP) is 1.47. The summed E-state index contributed by atoms with van der Waals surface area (Å²) >= 11 is 0. The van der Waals surface area contributed by atoms with Gasteiger partial charge in [-0.1, -0.05) is 17.7 Å². The molecule has 0 radical (unpaired) electrons. The summed E-state index contributed by atoms with van der Waals surface area (Å²) in [7, 11) is 0. The van der Waals surface area contributed by atoms with Crippen molar-refractivity contribution < 1.29 is 0 Å². The fourth-order valence-electron chi connectivity index (χ4n) is 1.48. The van der Waals surface area contributed by atoms with Crippen molar-refractivity contribution in [2.24, 2.45) is 0 Å². The Morgan fingerprint density at radius 2 is 2.07 bits per heavy atom. The van der Waals surface area contributed by atoms with Gasteiger partial charge in [-0.15, -0.1) is 0 Å². The third kappa shape index (κ3) is 1.35. The first-order valence-corrected chi connectivity index (χ1v) is 4.41. The minimum atomic E-state index is 0.414. The highest BCUT2D eigenvalue weighted by Crippen LogP contribution is 2.16. The predicted molar refractivity (Wildman–Crippen MR) is 55.2 cm³/mol. The number of anilines is 1. The lowest BCUT2D eigenvalue weighted by Gasteiger charge is -2.06. The molecule has 72 valence electrons. The van der Waals surface area contributed by atoms with E-state index in [0.29, 0.717) is 5.95 Å². The van der Waals surface area contributed by atoms with Crippen LogP contribution in [0.1, 0.15) is 11.1 Å². The van der Waals surface area contributed by atoms with Crippen LogP contribution in [0.15, 0.2) is 24.5 Å². The molecule has 0 aliphatic heterocycles. The number of nitrogens with zero attached hydrogens (tertiary/aromatic N) is 3. The molecular weight excluding hydrogens is 176 g/mol. The van der Waals surface area contributed by atoms with E-state index in [1.807, 2.05) is 19.1 Å². The molecule has 2 N–H and O–H groups in total. The van der Waals surface area contributed by atoms with Gasteiger partial charge in [0.25, 0.3) is 0 Å². The molecule has 0 aliphatic rings. The Kier molecular flexibility index (Phi) is 1.96. The molecule has 0 amide bonds. The van der Waals surface area contributed by atoms with Gasteiger partial charge in [-0.3, -0.25) is 0 Å². The van der Waals surface area contributed by atoms with Crippen molar-refractivity contribution in [1.29, 1.82) is 0 Å². The van der Waals surface area contributed by atoms with Crippen LogP contribution in [0.25, 0.3) is 5.69 Å². The number of nitrogens with two attached hydrogens (primary N) is 1. The van der Waals surface area contributed by atoms with E-state index in [9.17, 15) is 0 Å². The van der Waals surface area contributed by atoms with Gasteiger partial charge in [0.2, 0.25) is 5.95 Å². The van der Waals surface area contributed by atoms with Gasteiger partial charge in [-0.25, -0.2) is 0 Å². The number of hydrogen-bond donors (Lipinski definition) is 1. The summed E-state index contributed by atoms with van der Waals surface area (Å²) in [6.45, 7) is 4.09. The highest BCUT2D eigenvalue weighted by Gasteiger charge is 2.05. The third-order valence-electron chi connectivity index (χ3n) is 2.15. The second-order valence-corrected chi connectivity index (χ2v) is 3.32. The van der Waals surface area contributed by atoms with Crippen molar-refractivity contribution in [1.82, 2.24) is 14.8 Å². The van der Waals surface area contributed by atoms with Crippen molar-refractivity contribution in [3.8, 4) is 5.69 Å². The zero-order valence-corrected chi connectivity index (χ0v) is 8.23. The summed E-state index contributed by atoms with van der Waals surface area (Å²) in [6, 6.07) is 6.12. The first-order chi connectivity index (χ1) is 6.68. The van der Waals surface area contributed by atoms with Gasteiger partial charge in [0.05, 0.1) is 5.69 Å². The molecule has 0 unspecified atom stereocenters. The van der Waals surface area contributed by atoms with Crippen LogP contribution in [0.5, 0.6) is 0 Å². The quantitative estimate of drug-likeness (QED) is 0.737. The van der Waals surface area contributed by atoms with Crippen LogP contribution in [0.2, 0.25) is 0 Å². The Bertz CT molecular complexity index is 459. The Morgan fingerprint density at radius 1 is 1.29 bits per heavy atom. The summed E-state index contributed by atoms with van der Waals surface area (Å²) < 4.78 is 1.63. The Morgan fingerprint density at radius 3 is 2.64 bits per heavy atom. The van der Waals surface area contributed by atoms with E-state index in [1.54, 1.807) is 4.68 Å². The topological polar surface area (TPSA) is 56.7 Å². The molecular formula is C10H12N4. The number of benzene rings is 1. The molecule has 0 fully saturated rings. The van der Waals surface area contributed by atoms with Crippen LogP contribution >= 0.6 is 0 Å². The Labute approximate surface area is 82.4 Å². The van der Waals surface area contributed by atoms with Crippen molar-refractivity contribution in [3.63, 3.8) is 0 Å². The summed E-state index contributed by atoms with van der Waals surface area (Å²) in [5.74, 6) is 0.414. The van der Waals surface area contributed by atoms with Crippen molar-refractivity contribution >= 4 is 5.95 Å². The molecule has 0 saturated heterocycles. The van der Waals surface area contributed by atoms with E-state index < -0.39 is 0 Å². The van der Waals surface area contributed by atoms with E-state index in [-0.39, 0.29) is 0 Å². The molecule has 1 aromatic carbocycles. The minimum absolute atomic E-state index is 0.414. The Balaban J connectivity index is 2.58. The molecule has 1 heterocycles. The van der Waals surface area contributed by atoms with Gasteiger partial charge >= 0.3 is 0 Å². The monoisotopic (exact) mass is 188 g/mol. The summed E-state index contributed by atoms with van der Waals surface area (Å²) in [6.07, 6.45) is 1.45. The molecule has 4 nitrogen and oxygen atoms in total. The summed E-state index contributed by atoms with van der Waals surface area (Å²) in [5, 5.41) is 4.06. The van der Waals surface area contributed by atoms with Gasteiger partial charge in [0.1, 0.15) is 6.33 Å². The molecule has 0 aliphatic carbocycles. The lowest BCUT2D eigenvalue weighted by molar-refractivity contribution is 0.882. The van der Waals surface area contributed by atoms with Gasteiger partial charge in [-0.05, 0) is 25.5 Å². The minimum Gasteiger partial charge on any atom is -0.368 e. The molecule has 0 spiro atoms. The molecule has 4 heteroatoms. The van der Waals surface area contributed by atoms with Gasteiger partial charge in [0, 0.05) is 0 Å². The van der Waals surface area contributed by atoms with Crippen LogP contribution in [0.3, 0.4) is 0 Å². The normalized spacial score (nSPS) is 10.4. The molecule has 0 saturated carbocycles. The van der Waals surface area contributed by atoms with Gasteiger partial charge in [0.15, 0.2) is 0 Å². The second kappa shape index (κ2) is 3.14. The lowest BCUT2D eigenvalue weighted by Crippen LogP contribution is -2.04. The van der Waals surface area contributed by atoms with Crippen LogP contribution in [-0.2, 0) is 0 Å². The maximum Gasteiger partial charge on any atom is 0.223 e. The number of hydrogen-bond acceptors (Lipinski definition) is 3. The van der Waals surface area contributed by atoms with Crippen LogP contribution in [0, 0.1) is 13.8 Å². The zero-order valence-electron chi connectivity index (χ0n) is 8.23. The number of aryl methyl sites for hydroxylation is 2. The first kappa shape index (κ1) is 8.74. The number of rotatable bonds is 1. The SMILES string of the molecule is Cc1ccc(-n2ncnc2N)c(C)c1. The third-order valence-corrected chi connectivity index (χ3v) is 2.15. The molecule has 1 aromatic heterocycles. The standard InChI is InChI=1S/C10H12N4/c1-7-3-4-9(8(2)5-7)14-10(11)12-6-13-14/h3-6H,1-2H3,(H2,11,12,13). The van der Waals surface area contributed by atoms with E-state index >= 15 is 0 Å². The van der Waals surface area contributed by atoms with Gasteiger partial charge in [-0.2, -0.15) is 14.8 Å². The summed E-state index contributed by atoms with van der Waals surface area (Å²) in [4.78, 5) is 3.89. The Hall–Kier alpha value is -1.84. The average Bonchev–Trinajstić information content (AvgIpc) is 2.52. The molecule has 2 aromatic rings. The van der Waals surface area contributed by atoms with E-state index in [0.717, 1.165) is 11.3 Å². The van der Waals surface area contributed by atoms with E-state index in [1.165, 1.54) is 11.9 Å². The smallest absolute Gasteiger partial charge is 0.223 e. The number of aromatic nitrogens is 3. The number of nitrogen functional groups attached to an aromatic ring is 1. The fraction of sp³-hybridized carbons (Fsp3) is 0.200.